The van der Waals surface area contributed by atoms with E-state index in [4.69, 9.17) is 5.73 Å². The fourth-order valence-corrected chi connectivity index (χ4v) is 3.49. The minimum Gasteiger partial charge on any atom is -0.324 e. The van der Waals surface area contributed by atoms with Gasteiger partial charge >= 0.3 is 0 Å². The molecule has 0 atom stereocenters. The Labute approximate surface area is 130 Å². The summed E-state index contributed by atoms with van der Waals surface area (Å²) in [6.45, 7) is 0.393. The van der Waals surface area contributed by atoms with Gasteiger partial charge in [0.05, 0.1) is 17.9 Å². The quantitative estimate of drug-likeness (QED) is 0.725. The number of thiazole rings is 1. The molecule has 0 spiro atoms. The molecule has 6 nitrogen and oxygen atoms in total. The van der Waals surface area contributed by atoms with Gasteiger partial charge in [0.1, 0.15) is 10.8 Å². The molecule has 3 aromatic heterocycles. The average molecular weight is 318 g/mol. The van der Waals surface area contributed by atoms with E-state index in [2.05, 4.69) is 25.5 Å². The van der Waals surface area contributed by atoms with E-state index in [1.807, 2.05) is 29.8 Å². The summed E-state index contributed by atoms with van der Waals surface area (Å²) in [6, 6.07) is 5.83. The summed E-state index contributed by atoms with van der Waals surface area (Å²) < 4.78 is 1.91. The van der Waals surface area contributed by atoms with E-state index < -0.39 is 0 Å². The summed E-state index contributed by atoms with van der Waals surface area (Å²) in [5.74, 6) is 1.53. The van der Waals surface area contributed by atoms with Crippen LogP contribution in [0.3, 0.4) is 0 Å². The SMILES string of the molecule is Cn1c(CN)nnc1SCc1csc(-c2ccccn2)n1. The van der Waals surface area contributed by atoms with Crippen LogP contribution in [0.15, 0.2) is 34.9 Å². The summed E-state index contributed by atoms with van der Waals surface area (Å²) in [7, 11) is 1.92. The van der Waals surface area contributed by atoms with E-state index in [0.29, 0.717) is 6.54 Å². The van der Waals surface area contributed by atoms with E-state index in [-0.39, 0.29) is 0 Å². The molecule has 0 amide bonds. The maximum Gasteiger partial charge on any atom is 0.191 e. The van der Waals surface area contributed by atoms with E-state index in [1.54, 1.807) is 29.3 Å². The predicted octanol–water partition coefficient (Wildman–Crippen LogP) is 2.08. The van der Waals surface area contributed by atoms with Gasteiger partial charge in [-0.05, 0) is 12.1 Å². The smallest absolute Gasteiger partial charge is 0.191 e. The number of hydrogen-bond donors (Lipinski definition) is 1. The fraction of sp³-hybridized carbons (Fsp3) is 0.231. The molecule has 0 radical (unpaired) electrons. The van der Waals surface area contributed by atoms with Crippen molar-refractivity contribution in [3.63, 3.8) is 0 Å². The van der Waals surface area contributed by atoms with E-state index >= 15 is 0 Å². The Morgan fingerprint density at radius 1 is 1.33 bits per heavy atom. The number of rotatable bonds is 5. The molecule has 3 aromatic rings. The summed E-state index contributed by atoms with van der Waals surface area (Å²) in [6.07, 6.45) is 1.78. The predicted molar refractivity (Wildman–Crippen MR) is 83.8 cm³/mol. The Balaban J connectivity index is 1.69. The van der Waals surface area contributed by atoms with Crippen LogP contribution in [0.25, 0.3) is 10.7 Å². The van der Waals surface area contributed by atoms with Crippen molar-refractivity contribution in [1.29, 1.82) is 0 Å². The molecule has 2 N–H and O–H groups in total. The lowest BCUT2D eigenvalue weighted by molar-refractivity contribution is 0.734. The van der Waals surface area contributed by atoms with Crippen LogP contribution in [0.1, 0.15) is 11.5 Å². The first-order valence-electron chi connectivity index (χ1n) is 6.35. The first-order valence-corrected chi connectivity index (χ1v) is 8.21. The van der Waals surface area contributed by atoms with Gasteiger partial charge in [0.2, 0.25) is 0 Å². The monoisotopic (exact) mass is 318 g/mol. The van der Waals surface area contributed by atoms with Gasteiger partial charge in [-0.1, -0.05) is 17.8 Å². The van der Waals surface area contributed by atoms with E-state index in [0.717, 1.165) is 33.1 Å². The first kappa shape index (κ1) is 14.2. The maximum atomic E-state index is 5.59. The molecule has 0 aromatic carbocycles. The molecular formula is C13H14N6S2. The summed E-state index contributed by atoms with van der Waals surface area (Å²) in [5, 5.41) is 12.0. The third-order valence-corrected chi connectivity index (χ3v) is 4.86. The molecule has 0 aliphatic heterocycles. The number of pyridine rings is 1. The van der Waals surface area contributed by atoms with Crippen molar-refractivity contribution in [3.8, 4) is 10.7 Å². The second-order valence-electron chi connectivity index (χ2n) is 4.31. The topological polar surface area (TPSA) is 82.5 Å². The van der Waals surface area contributed by atoms with Crippen LogP contribution in [0.2, 0.25) is 0 Å². The van der Waals surface area contributed by atoms with Crippen LogP contribution in [-0.4, -0.2) is 24.7 Å². The zero-order valence-corrected chi connectivity index (χ0v) is 13.1. The zero-order chi connectivity index (χ0) is 14.7. The van der Waals surface area contributed by atoms with Gasteiger partial charge in [0.15, 0.2) is 5.16 Å². The molecule has 21 heavy (non-hydrogen) atoms. The third kappa shape index (κ3) is 3.12. The normalized spacial score (nSPS) is 11.0. The van der Waals surface area contributed by atoms with E-state index in [9.17, 15) is 0 Å². The molecule has 0 unspecified atom stereocenters. The molecule has 0 saturated carbocycles. The van der Waals surface area contributed by atoms with Crippen molar-refractivity contribution >= 4 is 23.1 Å². The second-order valence-corrected chi connectivity index (χ2v) is 6.11. The van der Waals surface area contributed by atoms with Gasteiger partial charge < -0.3 is 10.3 Å². The van der Waals surface area contributed by atoms with Crippen molar-refractivity contribution in [3.05, 3.63) is 41.3 Å². The van der Waals surface area contributed by atoms with Crippen LogP contribution >= 0.6 is 23.1 Å². The molecule has 3 heterocycles. The van der Waals surface area contributed by atoms with Crippen molar-refractivity contribution in [2.75, 3.05) is 0 Å². The van der Waals surface area contributed by atoms with Crippen LogP contribution < -0.4 is 5.73 Å². The summed E-state index contributed by atoms with van der Waals surface area (Å²) >= 11 is 3.20. The number of hydrogen-bond acceptors (Lipinski definition) is 7. The van der Waals surface area contributed by atoms with Crippen molar-refractivity contribution < 1.29 is 0 Å². The summed E-state index contributed by atoms with van der Waals surface area (Å²) in [5.41, 5.74) is 7.51. The first-order chi connectivity index (χ1) is 10.3. The lowest BCUT2D eigenvalue weighted by atomic mass is 10.4. The molecule has 3 rings (SSSR count). The van der Waals surface area contributed by atoms with Crippen LogP contribution in [-0.2, 0) is 19.3 Å². The molecule has 0 aliphatic rings. The molecule has 0 bridgehead atoms. The minimum absolute atomic E-state index is 0.393. The van der Waals surface area contributed by atoms with Crippen molar-refractivity contribution in [2.24, 2.45) is 12.8 Å². The highest BCUT2D eigenvalue weighted by Gasteiger charge is 2.10. The minimum atomic E-state index is 0.393. The van der Waals surface area contributed by atoms with Gasteiger partial charge in [-0.3, -0.25) is 4.98 Å². The van der Waals surface area contributed by atoms with E-state index in [1.165, 1.54) is 0 Å². The van der Waals surface area contributed by atoms with Gasteiger partial charge in [-0.2, -0.15) is 0 Å². The number of nitrogens with two attached hydrogens (primary N) is 1. The Morgan fingerprint density at radius 3 is 2.95 bits per heavy atom. The highest BCUT2D eigenvalue weighted by molar-refractivity contribution is 7.98. The Kier molecular flexibility index (Phi) is 4.28. The van der Waals surface area contributed by atoms with Gasteiger partial charge in [0.25, 0.3) is 0 Å². The van der Waals surface area contributed by atoms with Crippen molar-refractivity contribution in [2.45, 2.75) is 17.5 Å². The molecule has 8 heteroatoms. The molecule has 0 aliphatic carbocycles. The molecule has 0 saturated heterocycles. The van der Waals surface area contributed by atoms with Crippen molar-refractivity contribution in [1.82, 2.24) is 24.7 Å². The lowest BCUT2D eigenvalue weighted by Crippen LogP contribution is -2.05. The molecule has 108 valence electrons. The number of aromatic nitrogens is 5. The maximum absolute atomic E-state index is 5.59. The van der Waals surface area contributed by atoms with Gasteiger partial charge in [-0.25, -0.2) is 4.98 Å². The number of nitrogens with zero attached hydrogens (tertiary/aromatic N) is 5. The molecular weight excluding hydrogens is 304 g/mol. The lowest BCUT2D eigenvalue weighted by Gasteiger charge is -2.00. The van der Waals surface area contributed by atoms with Gasteiger partial charge in [0, 0.05) is 24.4 Å². The summed E-state index contributed by atoms with van der Waals surface area (Å²) in [4.78, 5) is 8.92. The van der Waals surface area contributed by atoms with Crippen LogP contribution in [0.5, 0.6) is 0 Å². The average Bonchev–Trinajstić information content (AvgIpc) is 3.13. The Hall–Kier alpha value is -1.77. The molecule has 0 fully saturated rings. The highest BCUT2D eigenvalue weighted by atomic mass is 32.2. The van der Waals surface area contributed by atoms with Crippen LogP contribution in [0.4, 0.5) is 0 Å². The largest absolute Gasteiger partial charge is 0.324 e. The number of thioether (sulfide) groups is 1. The fourth-order valence-electron chi connectivity index (χ4n) is 1.77. The standard InChI is InChI=1S/C13H14N6S2/c1-19-11(6-14)17-18-13(19)21-8-9-7-20-12(16-9)10-4-2-3-5-15-10/h2-5,7H,6,8,14H2,1H3. The zero-order valence-electron chi connectivity index (χ0n) is 11.4. The Bertz CT molecular complexity index is 721. The third-order valence-electron chi connectivity index (χ3n) is 2.89. The van der Waals surface area contributed by atoms with Gasteiger partial charge in [-0.15, -0.1) is 21.5 Å². The van der Waals surface area contributed by atoms with Crippen LogP contribution in [0, 0.1) is 0 Å². The second kappa shape index (κ2) is 6.33. The Morgan fingerprint density at radius 2 is 2.24 bits per heavy atom. The highest BCUT2D eigenvalue weighted by Crippen LogP contribution is 2.26.